The van der Waals surface area contributed by atoms with E-state index < -0.39 is 11.5 Å². The molecule has 0 radical (unpaired) electrons. The highest BCUT2D eigenvalue weighted by Gasteiger charge is 2.46. The molecule has 0 spiro atoms. The van der Waals surface area contributed by atoms with Gasteiger partial charge in [0.15, 0.2) is 0 Å². The van der Waals surface area contributed by atoms with E-state index >= 15 is 0 Å². The molecular formula is C15H20BrNO2. The number of benzene rings is 1. The lowest BCUT2D eigenvalue weighted by Crippen LogP contribution is -2.54. The van der Waals surface area contributed by atoms with E-state index in [0.717, 1.165) is 35.8 Å². The van der Waals surface area contributed by atoms with E-state index in [0.29, 0.717) is 6.42 Å². The van der Waals surface area contributed by atoms with Crippen LogP contribution in [0.3, 0.4) is 0 Å². The van der Waals surface area contributed by atoms with Crippen LogP contribution in [-0.4, -0.2) is 16.6 Å². The first-order valence-electron chi connectivity index (χ1n) is 6.85. The maximum absolute atomic E-state index is 11.9. The third kappa shape index (κ3) is 2.94. The van der Waals surface area contributed by atoms with Gasteiger partial charge in [-0.3, -0.25) is 0 Å². The molecule has 2 N–H and O–H groups in total. The van der Waals surface area contributed by atoms with Gasteiger partial charge in [-0.2, -0.15) is 0 Å². The third-order valence-corrected chi connectivity index (χ3v) is 4.63. The van der Waals surface area contributed by atoms with E-state index in [1.807, 2.05) is 24.3 Å². The number of rotatable bonds is 4. The fourth-order valence-corrected chi connectivity index (χ4v) is 3.52. The smallest absolute Gasteiger partial charge is 0.329 e. The summed E-state index contributed by atoms with van der Waals surface area (Å²) in [7, 11) is 0. The molecule has 0 saturated heterocycles. The normalized spacial score (nSPS) is 26.9. The van der Waals surface area contributed by atoms with Crippen molar-refractivity contribution in [1.29, 1.82) is 0 Å². The van der Waals surface area contributed by atoms with Gasteiger partial charge in [0.2, 0.25) is 0 Å². The Kier molecular flexibility index (Phi) is 4.50. The largest absolute Gasteiger partial charge is 0.479 e. The number of halogens is 1. The Morgan fingerprint density at radius 1 is 1.53 bits per heavy atom. The Morgan fingerprint density at radius 3 is 2.95 bits per heavy atom. The van der Waals surface area contributed by atoms with E-state index in [1.165, 1.54) is 0 Å². The summed E-state index contributed by atoms with van der Waals surface area (Å²) in [5.74, 6) is -0.531. The average Bonchev–Trinajstić information content (AvgIpc) is 2.39. The van der Waals surface area contributed by atoms with Crippen LogP contribution in [0.4, 0.5) is 5.69 Å². The highest BCUT2D eigenvalue weighted by molar-refractivity contribution is 9.10. The van der Waals surface area contributed by atoms with Crippen molar-refractivity contribution in [3.05, 3.63) is 28.7 Å². The summed E-state index contributed by atoms with van der Waals surface area (Å²) < 4.78 is 0.960. The van der Waals surface area contributed by atoms with Crippen molar-refractivity contribution < 1.29 is 9.90 Å². The molecule has 3 nitrogen and oxygen atoms in total. The van der Waals surface area contributed by atoms with Crippen molar-refractivity contribution in [2.24, 2.45) is 5.92 Å². The van der Waals surface area contributed by atoms with Crippen molar-refractivity contribution in [3.8, 4) is 0 Å². The summed E-state index contributed by atoms with van der Waals surface area (Å²) in [4.78, 5) is 11.9. The maximum atomic E-state index is 11.9. The predicted octanol–water partition coefficient (Wildman–Crippen LogP) is 4.28. The van der Waals surface area contributed by atoms with Crippen LogP contribution in [0.2, 0.25) is 0 Å². The van der Waals surface area contributed by atoms with Gasteiger partial charge in [0.05, 0.1) is 0 Å². The molecule has 1 aliphatic carbocycles. The average molecular weight is 326 g/mol. The molecule has 104 valence electrons. The van der Waals surface area contributed by atoms with E-state index in [9.17, 15) is 9.90 Å². The van der Waals surface area contributed by atoms with Crippen LogP contribution in [-0.2, 0) is 4.79 Å². The van der Waals surface area contributed by atoms with Crippen LogP contribution in [0.25, 0.3) is 0 Å². The van der Waals surface area contributed by atoms with Gasteiger partial charge < -0.3 is 10.4 Å². The monoisotopic (exact) mass is 325 g/mol. The van der Waals surface area contributed by atoms with Gasteiger partial charge in [-0.15, -0.1) is 0 Å². The number of carboxylic acid groups (broad SMARTS) is 1. The lowest BCUT2D eigenvalue weighted by atomic mass is 9.71. The van der Waals surface area contributed by atoms with Crippen molar-refractivity contribution in [2.75, 3.05) is 5.32 Å². The zero-order valence-corrected chi connectivity index (χ0v) is 12.7. The molecule has 2 rings (SSSR count). The molecule has 1 aromatic carbocycles. The minimum atomic E-state index is -0.812. The number of hydrogen-bond donors (Lipinski definition) is 2. The molecule has 1 aromatic rings. The van der Waals surface area contributed by atoms with Crippen molar-refractivity contribution in [2.45, 2.75) is 44.6 Å². The highest BCUT2D eigenvalue weighted by atomic mass is 79.9. The SMILES string of the molecule is CCC1CCCCC1(Nc1cccc(Br)c1)C(=O)O. The van der Waals surface area contributed by atoms with E-state index in [2.05, 4.69) is 28.2 Å². The Bertz CT molecular complexity index is 463. The summed E-state index contributed by atoms with van der Waals surface area (Å²) in [5, 5.41) is 13.1. The molecule has 0 amide bonds. The van der Waals surface area contributed by atoms with Crippen LogP contribution >= 0.6 is 15.9 Å². The summed E-state index contributed by atoms with van der Waals surface area (Å²) in [6.07, 6.45) is 4.70. The quantitative estimate of drug-likeness (QED) is 0.868. The van der Waals surface area contributed by atoms with Crippen molar-refractivity contribution >= 4 is 27.6 Å². The topological polar surface area (TPSA) is 49.3 Å². The van der Waals surface area contributed by atoms with Gasteiger partial charge in [-0.05, 0) is 37.0 Å². The fourth-order valence-electron chi connectivity index (χ4n) is 3.12. The van der Waals surface area contributed by atoms with E-state index in [4.69, 9.17) is 0 Å². The zero-order valence-electron chi connectivity index (χ0n) is 11.2. The maximum Gasteiger partial charge on any atom is 0.329 e. The zero-order chi connectivity index (χ0) is 13.9. The minimum Gasteiger partial charge on any atom is -0.479 e. The molecule has 1 saturated carbocycles. The Labute approximate surface area is 122 Å². The van der Waals surface area contributed by atoms with E-state index in [-0.39, 0.29) is 5.92 Å². The standard InChI is InChI=1S/C15H20BrNO2/c1-2-11-6-3-4-9-15(11,14(18)19)17-13-8-5-7-12(16)10-13/h5,7-8,10-11,17H,2-4,6,9H2,1H3,(H,18,19). The minimum absolute atomic E-state index is 0.192. The molecule has 1 aliphatic rings. The Hall–Kier alpha value is -1.03. The van der Waals surface area contributed by atoms with Crippen LogP contribution in [0.5, 0.6) is 0 Å². The van der Waals surface area contributed by atoms with Crippen LogP contribution in [0.15, 0.2) is 28.7 Å². The van der Waals surface area contributed by atoms with Gasteiger partial charge in [0.1, 0.15) is 5.54 Å². The fraction of sp³-hybridized carbons (Fsp3) is 0.533. The van der Waals surface area contributed by atoms with E-state index in [1.54, 1.807) is 0 Å². The second kappa shape index (κ2) is 5.95. The third-order valence-electron chi connectivity index (χ3n) is 4.14. The predicted molar refractivity (Wildman–Crippen MR) is 80.4 cm³/mol. The summed E-state index contributed by atoms with van der Waals surface area (Å²) >= 11 is 3.43. The van der Waals surface area contributed by atoms with Crippen molar-refractivity contribution in [1.82, 2.24) is 0 Å². The highest BCUT2D eigenvalue weighted by Crippen LogP contribution is 2.39. The van der Waals surface area contributed by atoms with Crippen molar-refractivity contribution in [3.63, 3.8) is 0 Å². The molecule has 1 fully saturated rings. The molecule has 2 unspecified atom stereocenters. The first-order valence-corrected chi connectivity index (χ1v) is 7.65. The van der Waals surface area contributed by atoms with Crippen LogP contribution in [0, 0.1) is 5.92 Å². The number of anilines is 1. The summed E-state index contributed by atoms with van der Waals surface area (Å²) in [5.41, 5.74) is 0.0606. The molecule has 0 aromatic heterocycles. The van der Waals surface area contributed by atoms with Gasteiger partial charge >= 0.3 is 5.97 Å². The first-order chi connectivity index (χ1) is 9.08. The Morgan fingerprint density at radius 2 is 2.32 bits per heavy atom. The molecule has 0 aliphatic heterocycles. The second-order valence-electron chi connectivity index (χ2n) is 5.26. The lowest BCUT2D eigenvalue weighted by molar-refractivity contribution is -0.145. The molecule has 4 heteroatoms. The van der Waals surface area contributed by atoms with Gasteiger partial charge in [-0.25, -0.2) is 4.79 Å². The van der Waals surface area contributed by atoms with Crippen LogP contribution < -0.4 is 5.32 Å². The molecule has 2 atom stereocenters. The number of carboxylic acids is 1. The molecule has 0 heterocycles. The molecule has 0 bridgehead atoms. The van der Waals surface area contributed by atoms with Gasteiger partial charge in [-0.1, -0.05) is 48.2 Å². The Balaban J connectivity index is 2.31. The summed E-state index contributed by atoms with van der Waals surface area (Å²) in [6, 6.07) is 7.73. The summed E-state index contributed by atoms with van der Waals surface area (Å²) in [6.45, 7) is 2.08. The number of aliphatic carboxylic acids is 1. The molecular weight excluding hydrogens is 306 g/mol. The van der Waals surface area contributed by atoms with Gasteiger partial charge in [0, 0.05) is 10.2 Å². The molecule has 19 heavy (non-hydrogen) atoms. The number of carbonyl (C=O) groups is 1. The second-order valence-corrected chi connectivity index (χ2v) is 6.18. The first kappa shape index (κ1) is 14.4. The van der Waals surface area contributed by atoms with Gasteiger partial charge in [0.25, 0.3) is 0 Å². The van der Waals surface area contributed by atoms with Crippen LogP contribution in [0.1, 0.15) is 39.0 Å². The number of nitrogens with one attached hydrogen (secondary N) is 1. The number of hydrogen-bond acceptors (Lipinski definition) is 2. The lowest BCUT2D eigenvalue weighted by Gasteiger charge is -2.41.